The van der Waals surface area contributed by atoms with E-state index < -0.39 is 11.2 Å². The van der Waals surface area contributed by atoms with E-state index in [2.05, 4.69) is 0 Å². The molecule has 1 atom stereocenters. The summed E-state index contributed by atoms with van der Waals surface area (Å²) in [5.74, 6) is 0. The highest BCUT2D eigenvalue weighted by molar-refractivity contribution is 5.98. The van der Waals surface area contributed by atoms with Crippen LogP contribution in [-0.4, -0.2) is 38.5 Å². The third kappa shape index (κ3) is 1.79. The van der Waals surface area contributed by atoms with E-state index in [1.807, 2.05) is 0 Å². The zero-order chi connectivity index (χ0) is 8.41. The lowest BCUT2D eigenvalue weighted by Crippen LogP contribution is -2.51. The van der Waals surface area contributed by atoms with Crippen LogP contribution in [0.4, 0.5) is 0 Å². The minimum atomic E-state index is -1.14. The van der Waals surface area contributed by atoms with Gasteiger partial charge in [0.1, 0.15) is 16.1 Å². The number of aliphatic hydroxyl groups excluding tert-OH is 1. The molecule has 0 aromatic heterocycles. The molecule has 10 heavy (non-hydrogen) atoms. The Bertz CT molecular complexity index is 97.6. The van der Waals surface area contributed by atoms with Crippen LogP contribution in [0.2, 0.25) is 0 Å². The molecule has 4 heteroatoms. The van der Waals surface area contributed by atoms with Crippen LogP contribution in [0.5, 0.6) is 0 Å². The van der Waals surface area contributed by atoms with Crippen molar-refractivity contribution in [2.45, 2.75) is 32.0 Å². The third-order valence-electron chi connectivity index (χ3n) is 2.12. The summed E-state index contributed by atoms with van der Waals surface area (Å²) in [7, 11) is 0.562. The highest BCUT2D eigenvalue weighted by Crippen LogP contribution is 2.23. The Morgan fingerprint density at radius 3 is 1.90 bits per heavy atom. The molecule has 0 rings (SSSR count). The predicted octanol–water partition coefficient (Wildman–Crippen LogP) is -1.19. The van der Waals surface area contributed by atoms with Crippen molar-refractivity contribution in [3.8, 4) is 0 Å². The van der Waals surface area contributed by atoms with E-state index >= 15 is 0 Å². The molecule has 1 unspecified atom stereocenters. The molecule has 62 valence electrons. The fourth-order valence-electron chi connectivity index (χ4n) is 0.410. The Balaban J connectivity index is 4.28. The van der Waals surface area contributed by atoms with Crippen LogP contribution in [0.15, 0.2) is 0 Å². The number of hydrogen-bond acceptors (Lipinski definition) is 3. The molecule has 0 saturated carbocycles. The second-order valence-corrected chi connectivity index (χ2v) is 3.55. The summed E-state index contributed by atoms with van der Waals surface area (Å²) >= 11 is 0. The van der Waals surface area contributed by atoms with Crippen molar-refractivity contribution in [1.82, 2.24) is 0 Å². The molecule has 0 aromatic carbocycles. The van der Waals surface area contributed by atoms with Gasteiger partial charge < -0.3 is 14.6 Å². The Labute approximate surface area is 64.6 Å². The fraction of sp³-hybridized carbons (Fsp3) is 1.00. The molecule has 0 radical (unpaired) electrons. The van der Waals surface area contributed by atoms with E-state index in [0.717, 1.165) is 0 Å². The first kappa shape index (κ1) is 10.1. The molecule has 0 amide bonds. The molecular weight excluding hydrogens is 148 g/mol. The van der Waals surface area contributed by atoms with E-state index in [1.54, 1.807) is 20.8 Å². The van der Waals surface area contributed by atoms with Gasteiger partial charge in [-0.05, 0) is 20.8 Å². The fourth-order valence-corrected chi connectivity index (χ4v) is 0.850. The van der Waals surface area contributed by atoms with Crippen molar-refractivity contribution < 1.29 is 14.6 Å². The topological polar surface area (TPSA) is 49.7 Å². The molecular formula is C6H16O3Si. The summed E-state index contributed by atoms with van der Waals surface area (Å²) in [5, 5.41) is 18.2. The largest absolute Gasteiger partial charge is 0.420 e. The second-order valence-electron chi connectivity index (χ2n) is 3.15. The van der Waals surface area contributed by atoms with Gasteiger partial charge >= 0.3 is 0 Å². The molecule has 3 nitrogen and oxygen atoms in total. The van der Waals surface area contributed by atoms with Gasteiger partial charge in [-0.2, -0.15) is 0 Å². The van der Waals surface area contributed by atoms with Gasteiger partial charge in [0.15, 0.2) is 0 Å². The van der Waals surface area contributed by atoms with E-state index in [1.165, 1.54) is 0 Å². The first-order chi connectivity index (χ1) is 4.37. The zero-order valence-electron chi connectivity index (χ0n) is 7.01. The SMILES string of the molecule is CC(O)(CO)C(C)(C)O[SiH3]. The molecule has 0 aliphatic heterocycles. The Kier molecular flexibility index (Phi) is 3.03. The molecule has 0 aliphatic carbocycles. The molecule has 2 N–H and O–H groups in total. The van der Waals surface area contributed by atoms with E-state index in [4.69, 9.17) is 9.53 Å². The first-order valence-corrected chi connectivity index (χ1v) is 4.07. The van der Waals surface area contributed by atoms with Gasteiger partial charge in [0.2, 0.25) is 0 Å². The van der Waals surface area contributed by atoms with Crippen molar-refractivity contribution >= 4 is 10.5 Å². The van der Waals surface area contributed by atoms with Crippen molar-refractivity contribution in [1.29, 1.82) is 0 Å². The summed E-state index contributed by atoms with van der Waals surface area (Å²) in [4.78, 5) is 0. The van der Waals surface area contributed by atoms with Crippen LogP contribution in [0, 0.1) is 0 Å². The third-order valence-corrected chi connectivity index (χ3v) is 3.14. The molecule has 0 spiro atoms. The standard InChI is InChI=1S/C6H16O3Si/c1-5(2,9-10)6(3,8)4-7/h7-8H,4H2,1-3,10H3. The van der Waals surface area contributed by atoms with Gasteiger partial charge in [0.05, 0.1) is 12.2 Å². The Morgan fingerprint density at radius 2 is 1.80 bits per heavy atom. The van der Waals surface area contributed by atoms with Gasteiger partial charge in [-0.15, -0.1) is 0 Å². The average Bonchev–Trinajstić information content (AvgIpc) is 1.88. The molecule has 0 bridgehead atoms. The number of hydrogen-bond donors (Lipinski definition) is 2. The maximum atomic E-state index is 9.50. The summed E-state index contributed by atoms with van der Waals surface area (Å²) in [6.45, 7) is 4.81. The van der Waals surface area contributed by atoms with E-state index in [0.29, 0.717) is 10.5 Å². The normalized spacial score (nSPS) is 18.9. The van der Waals surface area contributed by atoms with Gasteiger partial charge in [-0.25, -0.2) is 0 Å². The van der Waals surface area contributed by atoms with Crippen LogP contribution < -0.4 is 0 Å². The van der Waals surface area contributed by atoms with Gasteiger partial charge in [-0.3, -0.25) is 0 Å². The predicted molar refractivity (Wildman–Crippen MR) is 42.8 cm³/mol. The number of aliphatic hydroxyl groups is 2. The monoisotopic (exact) mass is 164 g/mol. The maximum absolute atomic E-state index is 9.50. The minimum Gasteiger partial charge on any atom is -0.420 e. The Hall–Kier alpha value is 0.0969. The van der Waals surface area contributed by atoms with Crippen LogP contribution in [0.1, 0.15) is 20.8 Å². The summed E-state index contributed by atoms with van der Waals surface area (Å²) in [5.41, 5.74) is -1.79. The van der Waals surface area contributed by atoms with Crippen LogP contribution >= 0.6 is 0 Å². The van der Waals surface area contributed by atoms with Crippen molar-refractivity contribution in [2.75, 3.05) is 6.61 Å². The molecule has 0 aliphatic rings. The van der Waals surface area contributed by atoms with Crippen molar-refractivity contribution in [3.05, 3.63) is 0 Å². The smallest absolute Gasteiger partial charge is 0.146 e. The number of rotatable bonds is 3. The quantitative estimate of drug-likeness (QED) is 0.515. The molecule has 0 aromatic rings. The zero-order valence-corrected chi connectivity index (χ0v) is 9.01. The Morgan fingerprint density at radius 1 is 1.40 bits per heavy atom. The highest BCUT2D eigenvalue weighted by atomic mass is 28.2. The van der Waals surface area contributed by atoms with Crippen LogP contribution in [-0.2, 0) is 4.43 Å². The van der Waals surface area contributed by atoms with Crippen LogP contribution in [0.25, 0.3) is 0 Å². The maximum Gasteiger partial charge on any atom is 0.146 e. The van der Waals surface area contributed by atoms with Gasteiger partial charge in [0.25, 0.3) is 0 Å². The summed E-state index contributed by atoms with van der Waals surface area (Å²) in [6, 6.07) is 0. The van der Waals surface area contributed by atoms with Gasteiger partial charge in [-0.1, -0.05) is 0 Å². The molecule has 0 fully saturated rings. The average molecular weight is 164 g/mol. The second kappa shape index (κ2) is 3.00. The highest BCUT2D eigenvalue weighted by Gasteiger charge is 2.38. The lowest BCUT2D eigenvalue weighted by atomic mass is 9.89. The lowest BCUT2D eigenvalue weighted by molar-refractivity contribution is -0.126. The molecule has 0 saturated heterocycles. The van der Waals surface area contributed by atoms with Crippen LogP contribution in [0.3, 0.4) is 0 Å². The van der Waals surface area contributed by atoms with E-state index in [-0.39, 0.29) is 6.61 Å². The van der Waals surface area contributed by atoms with Crippen molar-refractivity contribution in [2.24, 2.45) is 0 Å². The van der Waals surface area contributed by atoms with Gasteiger partial charge in [0, 0.05) is 0 Å². The van der Waals surface area contributed by atoms with Crippen molar-refractivity contribution in [3.63, 3.8) is 0 Å². The summed E-state index contributed by atoms with van der Waals surface area (Å²) < 4.78 is 5.12. The minimum absolute atomic E-state index is 0.276. The lowest BCUT2D eigenvalue weighted by Gasteiger charge is -2.37. The summed E-state index contributed by atoms with van der Waals surface area (Å²) in [6.07, 6.45) is 0. The van der Waals surface area contributed by atoms with E-state index in [9.17, 15) is 5.11 Å². The molecule has 0 heterocycles. The first-order valence-electron chi connectivity index (χ1n) is 3.26.